The molecule has 2 heterocycles. The molecule has 0 saturated carbocycles. The van der Waals surface area contributed by atoms with Crippen LogP contribution in [0.15, 0.2) is 48.8 Å². The maximum absolute atomic E-state index is 12.2. The highest BCUT2D eigenvalue weighted by atomic mass is 16.1. The number of nitrogens with one attached hydrogen (secondary N) is 2. The average Bonchev–Trinajstić information content (AvgIpc) is 2.94. The first-order valence-electron chi connectivity index (χ1n) is 6.06. The van der Waals surface area contributed by atoms with Gasteiger partial charge in [0, 0.05) is 17.1 Å². The van der Waals surface area contributed by atoms with Crippen LogP contribution < -0.4 is 5.32 Å². The van der Waals surface area contributed by atoms with Crippen LogP contribution in [0.25, 0.3) is 11.0 Å². The van der Waals surface area contributed by atoms with Crippen molar-refractivity contribution in [1.82, 2.24) is 9.97 Å². The van der Waals surface area contributed by atoms with Gasteiger partial charge >= 0.3 is 0 Å². The van der Waals surface area contributed by atoms with Gasteiger partial charge in [-0.3, -0.25) is 9.59 Å². The van der Waals surface area contributed by atoms with Crippen molar-refractivity contribution < 1.29 is 9.59 Å². The summed E-state index contributed by atoms with van der Waals surface area (Å²) in [5, 5.41) is 3.65. The SMILES string of the molecule is O=Cc1ccccc1C(=O)Nc1cnc2[nH]ccc2c1. The Morgan fingerprint density at radius 3 is 2.95 bits per heavy atom. The number of carbonyl (C=O) groups is 2. The van der Waals surface area contributed by atoms with Gasteiger partial charge in [-0.05, 0) is 18.2 Å². The fourth-order valence-electron chi connectivity index (χ4n) is 2.01. The average molecular weight is 265 g/mol. The number of carbonyl (C=O) groups excluding carboxylic acids is 2. The van der Waals surface area contributed by atoms with Crippen LogP contribution in [0.1, 0.15) is 20.7 Å². The van der Waals surface area contributed by atoms with Crippen molar-refractivity contribution in [2.24, 2.45) is 0 Å². The second-order valence-electron chi connectivity index (χ2n) is 4.30. The zero-order valence-electron chi connectivity index (χ0n) is 10.5. The van der Waals surface area contributed by atoms with Gasteiger partial charge in [-0.15, -0.1) is 0 Å². The summed E-state index contributed by atoms with van der Waals surface area (Å²) in [5.74, 6) is -0.329. The van der Waals surface area contributed by atoms with E-state index in [1.807, 2.05) is 12.1 Å². The summed E-state index contributed by atoms with van der Waals surface area (Å²) in [6.07, 6.45) is 4.02. The summed E-state index contributed by atoms with van der Waals surface area (Å²) in [4.78, 5) is 30.3. The molecule has 0 aliphatic rings. The molecule has 0 aliphatic carbocycles. The number of hydrogen-bond acceptors (Lipinski definition) is 3. The van der Waals surface area contributed by atoms with E-state index in [2.05, 4.69) is 15.3 Å². The minimum Gasteiger partial charge on any atom is -0.346 e. The summed E-state index contributed by atoms with van der Waals surface area (Å²) in [5.41, 5.74) is 2.05. The summed E-state index contributed by atoms with van der Waals surface area (Å²) < 4.78 is 0. The Balaban J connectivity index is 1.89. The fourth-order valence-corrected chi connectivity index (χ4v) is 2.01. The molecule has 0 aliphatic heterocycles. The molecule has 3 rings (SSSR count). The van der Waals surface area contributed by atoms with E-state index < -0.39 is 0 Å². The molecule has 0 radical (unpaired) electrons. The topological polar surface area (TPSA) is 74.8 Å². The maximum Gasteiger partial charge on any atom is 0.256 e. The van der Waals surface area contributed by atoms with E-state index in [0.29, 0.717) is 23.1 Å². The number of H-pyrrole nitrogens is 1. The Hall–Kier alpha value is -2.95. The summed E-state index contributed by atoms with van der Waals surface area (Å²) in [7, 11) is 0. The van der Waals surface area contributed by atoms with Crippen LogP contribution in [0.2, 0.25) is 0 Å². The van der Waals surface area contributed by atoms with E-state index in [9.17, 15) is 9.59 Å². The third kappa shape index (κ3) is 2.16. The van der Waals surface area contributed by atoms with Crippen LogP contribution in [0.5, 0.6) is 0 Å². The molecule has 0 fully saturated rings. The molecule has 0 bridgehead atoms. The number of hydrogen-bond donors (Lipinski definition) is 2. The smallest absolute Gasteiger partial charge is 0.256 e. The van der Waals surface area contributed by atoms with Gasteiger partial charge in [0.25, 0.3) is 5.91 Å². The van der Waals surface area contributed by atoms with Gasteiger partial charge in [0.1, 0.15) is 5.65 Å². The van der Waals surface area contributed by atoms with Crippen LogP contribution in [0.4, 0.5) is 5.69 Å². The Bertz CT molecular complexity index is 792. The molecule has 0 atom stereocenters. The number of benzene rings is 1. The minimum absolute atomic E-state index is 0.329. The molecule has 2 N–H and O–H groups in total. The number of aromatic nitrogens is 2. The highest BCUT2D eigenvalue weighted by molar-refractivity contribution is 6.09. The van der Waals surface area contributed by atoms with Crippen molar-refractivity contribution >= 4 is 28.9 Å². The van der Waals surface area contributed by atoms with Crippen LogP contribution in [0.3, 0.4) is 0 Å². The van der Waals surface area contributed by atoms with Crippen molar-refractivity contribution in [2.75, 3.05) is 5.32 Å². The lowest BCUT2D eigenvalue weighted by atomic mass is 10.1. The number of aldehydes is 1. The third-order valence-electron chi connectivity index (χ3n) is 2.99. The Labute approximate surface area is 114 Å². The summed E-state index contributed by atoms with van der Waals surface area (Å²) in [6, 6.07) is 10.3. The van der Waals surface area contributed by atoms with Crippen LogP contribution in [-0.4, -0.2) is 22.2 Å². The molecular formula is C15H11N3O2. The fraction of sp³-hybridized carbons (Fsp3) is 0. The molecule has 0 unspecified atom stereocenters. The second-order valence-corrected chi connectivity index (χ2v) is 4.30. The monoisotopic (exact) mass is 265 g/mol. The van der Waals surface area contributed by atoms with E-state index in [1.54, 1.807) is 36.7 Å². The van der Waals surface area contributed by atoms with Crippen molar-refractivity contribution in [1.29, 1.82) is 0 Å². The van der Waals surface area contributed by atoms with Gasteiger partial charge in [0.15, 0.2) is 6.29 Å². The predicted molar refractivity (Wildman–Crippen MR) is 75.9 cm³/mol. The molecule has 5 heteroatoms. The minimum atomic E-state index is -0.329. The lowest BCUT2D eigenvalue weighted by Gasteiger charge is -2.06. The van der Waals surface area contributed by atoms with Gasteiger partial charge in [-0.1, -0.05) is 18.2 Å². The van der Waals surface area contributed by atoms with Gasteiger partial charge in [0.05, 0.1) is 17.4 Å². The highest BCUT2D eigenvalue weighted by Gasteiger charge is 2.11. The first kappa shape index (κ1) is 12.1. The molecule has 0 saturated heterocycles. The van der Waals surface area contributed by atoms with Crippen LogP contribution >= 0.6 is 0 Å². The molecule has 20 heavy (non-hydrogen) atoms. The van der Waals surface area contributed by atoms with Gasteiger partial charge in [0.2, 0.25) is 0 Å². The summed E-state index contributed by atoms with van der Waals surface area (Å²) in [6.45, 7) is 0. The normalized spacial score (nSPS) is 10.4. The number of pyridine rings is 1. The number of rotatable bonds is 3. The molecular weight excluding hydrogens is 254 g/mol. The number of aromatic amines is 1. The van der Waals surface area contributed by atoms with Gasteiger partial charge < -0.3 is 10.3 Å². The van der Waals surface area contributed by atoms with E-state index in [0.717, 1.165) is 11.0 Å². The zero-order chi connectivity index (χ0) is 13.9. The lowest BCUT2D eigenvalue weighted by Crippen LogP contribution is -2.14. The maximum atomic E-state index is 12.2. The van der Waals surface area contributed by atoms with E-state index in [-0.39, 0.29) is 5.91 Å². The Morgan fingerprint density at radius 1 is 1.25 bits per heavy atom. The Kier molecular flexibility index (Phi) is 3.01. The quantitative estimate of drug-likeness (QED) is 0.715. The summed E-state index contributed by atoms with van der Waals surface area (Å²) >= 11 is 0. The number of amides is 1. The first-order chi connectivity index (χ1) is 9.78. The van der Waals surface area contributed by atoms with E-state index >= 15 is 0 Å². The number of nitrogens with zero attached hydrogens (tertiary/aromatic N) is 1. The molecule has 1 amide bonds. The predicted octanol–water partition coefficient (Wildman–Crippen LogP) is 2.63. The second kappa shape index (κ2) is 4.97. The molecule has 1 aromatic carbocycles. The first-order valence-corrected chi connectivity index (χ1v) is 6.06. The van der Waals surface area contributed by atoms with Gasteiger partial charge in [-0.25, -0.2) is 4.98 Å². The van der Waals surface area contributed by atoms with Gasteiger partial charge in [-0.2, -0.15) is 0 Å². The van der Waals surface area contributed by atoms with Crippen molar-refractivity contribution in [3.63, 3.8) is 0 Å². The highest BCUT2D eigenvalue weighted by Crippen LogP contribution is 2.16. The molecule has 2 aromatic heterocycles. The van der Waals surface area contributed by atoms with Crippen molar-refractivity contribution in [3.05, 3.63) is 59.9 Å². The third-order valence-corrected chi connectivity index (χ3v) is 2.99. The lowest BCUT2D eigenvalue weighted by molar-refractivity contribution is 0.101. The van der Waals surface area contributed by atoms with E-state index in [4.69, 9.17) is 0 Å². The Morgan fingerprint density at radius 2 is 2.10 bits per heavy atom. The number of fused-ring (bicyclic) bond motifs is 1. The van der Waals surface area contributed by atoms with E-state index in [1.165, 1.54) is 0 Å². The number of anilines is 1. The molecule has 0 spiro atoms. The largest absolute Gasteiger partial charge is 0.346 e. The van der Waals surface area contributed by atoms with Crippen molar-refractivity contribution in [3.8, 4) is 0 Å². The molecule has 5 nitrogen and oxygen atoms in total. The van der Waals surface area contributed by atoms with Crippen molar-refractivity contribution in [2.45, 2.75) is 0 Å². The van der Waals surface area contributed by atoms with Crippen LogP contribution in [0, 0.1) is 0 Å². The molecule has 98 valence electrons. The zero-order valence-corrected chi connectivity index (χ0v) is 10.5. The van der Waals surface area contributed by atoms with Crippen LogP contribution in [-0.2, 0) is 0 Å². The molecule has 3 aromatic rings. The standard InChI is InChI=1S/C15H11N3O2/c19-9-11-3-1-2-4-13(11)15(20)18-12-7-10-5-6-16-14(10)17-8-12/h1-9H,(H,16,17)(H,18,20).